The molecule has 7 heteroatoms. The van der Waals surface area contributed by atoms with Gasteiger partial charge in [-0.3, -0.25) is 9.52 Å². The average molecular weight is 313 g/mol. The van der Waals surface area contributed by atoms with Crippen LogP contribution in [0.25, 0.3) is 0 Å². The van der Waals surface area contributed by atoms with Gasteiger partial charge in [0.15, 0.2) is 0 Å². The molecule has 0 aromatic heterocycles. The minimum atomic E-state index is -3.31. The van der Waals surface area contributed by atoms with Crippen molar-refractivity contribution in [3.8, 4) is 0 Å². The Morgan fingerprint density at radius 2 is 1.95 bits per heavy atom. The number of anilines is 1. The number of carbonyl (C=O) groups is 1. The highest BCUT2D eigenvalue weighted by Crippen LogP contribution is 2.17. The quantitative estimate of drug-likeness (QED) is 0.738. The number of sulfonamides is 1. The normalized spacial score (nSPS) is 11.5. The zero-order valence-corrected chi connectivity index (χ0v) is 13.8. The first kappa shape index (κ1) is 17.5. The largest absolute Gasteiger partial charge is 0.352 e. The van der Waals surface area contributed by atoms with Gasteiger partial charge in [0.25, 0.3) is 5.91 Å². The van der Waals surface area contributed by atoms with Crippen LogP contribution >= 0.6 is 0 Å². The summed E-state index contributed by atoms with van der Waals surface area (Å²) >= 11 is 0. The van der Waals surface area contributed by atoms with Gasteiger partial charge < -0.3 is 10.2 Å². The molecule has 0 bridgehead atoms. The van der Waals surface area contributed by atoms with Gasteiger partial charge in [-0.1, -0.05) is 0 Å². The first-order chi connectivity index (χ1) is 9.69. The van der Waals surface area contributed by atoms with Crippen molar-refractivity contribution < 1.29 is 13.2 Å². The number of aryl methyl sites for hydroxylation is 1. The molecule has 0 radical (unpaired) electrons. The van der Waals surface area contributed by atoms with Crippen LogP contribution in [-0.4, -0.2) is 52.7 Å². The van der Waals surface area contributed by atoms with Gasteiger partial charge in [-0.2, -0.15) is 0 Å². The summed E-state index contributed by atoms with van der Waals surface area (Å²) in [7, 11) is 0.656. The lowest BCUT2D eigenvalue weighted by atomic mass is 10.1. The number of carbonyl (C=O) groups excluding carboxylic acids is 1. The van der Waals surface area contributed by atoms with Gasteiger partial charge in [0, 0.05) is 12.1 Å². The third-order valence-electron chi connectivity index (χ3n) is 2.85. The Hall–Kier alpha value is -1.60. The summed E-state index contributed by atoms with van der Waals surface area (Å²) in [5.41, 5.74) is 1.72. The van der Waals surface area contributed by atoms with Crippen LogP contribution in [0.1, 0.15) is 22.3 Å². The van der Waals surface area contributed by atoms with Crippen molar-refractivity contribution in [2.24, 2.45) is 0 Å². The molecule has 1 rings (SSSR count). The summed E-state index contributed by atoms with van der Waals surface area (Å²) in [5, 5.41) is 2.84. The number of amides is 1. The zero-order chi connectivity index (χ0) is 16.0. The smallest absolute Gasteiger partial charge is 0.251 e. The van der Waals surface area contributed by atoms with Crippen LogP contribution in [0.3, 0.4) is 0 Å². The SMILES string of the molecule is Cc1cc(C(=O)NCCCN(C)C)ccc1NS(C)(=O)=O. The molecule has 0 unspecified atom stereocenters. The fourth-order valence-corrected chi connectivity index (χ4v) is 2.45. The molecule has 0 saturated carbocycles. The molecule has 1 amide bonds. The Kier molecular flexibility index (Phi) is 6.17. The Balaban J connectivity index is 2.64. The monoisotopic (exact) mass is 313 g/mol. The second kappa shape index (κ2) is 7.42. The highest BCUT2D eigenvalue weighted by molar-refractivity contribution is 7.92. The molecule has 1 aromatic carbocycles. The summed E-state index contributed by atoms with van der Waals surface area (Å²) in [4.78, 5) is 14.0. The second-order valence-electron chi connectivity index (χ2n) is 5.32. The van der Waals surface area contributed by atoms with E-state index in [0.717, 1.165) is 19.2 Å². The fourth-order valence-electron chi connectivity index (χ4n) is 1.82. The van der Waals surface area contributed by atoms with Crippen molar-refractivity contribution in [2.75, 3.05) is 38.2 Å². The first-order valence-corrected chi connectivity index (χ1v) is 8.59. The molecule has 6 nitrogen and oxygen atoms in total. The number of rotatable bonds is 7. The van der Waals surface area contributed by atoms with E-state index in [-0.39, 0.29) is 5.91 Å². The number of hydrogen-bond donors (Lipinski definition) is 2. The topological polar surface area (TPSA) is 78.5 Å². The van der Waals surface area contributed by atoms with Crippen LogP contribution < -0.4 is 10.0 Å². The minimum Gasteiger partial charge on any atom is -0.352 e. The van der Waals surface area contributed by atoms with Gasteiger partial charge in [-0.25, -0.2) is 8.42 Å². The van der Waals surface area contributed by atoms with Crippen molar-refractivity contribution in [3.63, 3.8) is 0 Å². The highest BCUT2D eigenvalue weighted by atomic mass is 32.2. The van der Waals surface area contributed by atoms with E-state index in [9.17, 15) is 13.2 Å². The van der Waals surface area contributed by atoms with E-state index in [4.69, 9.17) is 0 Å². The van der Waals surface area contributed by atoms with Crippen molar-refractivity contribution in [3.05, 3.63) is 29.3 Å². The Labute approximate surface area is 126 Å². The van der Waals surface area contributed by atoms with Crippen molar-refractivity contribution in [2.45, 2.75) is 13.3 Å². The summed E-state index contributed by atoms with van der Waals surface area (Å²) in [6, 6.07) is 4.89. The van der Waals surface area contributed by atoms with Gasteiger partial charge in [0.1, 0.15) is 0 Å². The highest BCUT2D eigenvalue weighted by Gasteiger charge is 2.09. The average Bonchev–Trinajstić information content (AvgIpc) is 2.35. The van der Waals surface area contributed by atoms with Crippen molar-refractivity contribution in [1.29, 1.82) is 0 Å². The molecule has 0 heterocycles. The van der Waals surface area contributed by atoms with Crippen LogP contribution in [0.4, 0.5) is 5.69 Å². The molecule has 2 N–H and O–H groups in total. The summed E-state index contributed by atoms with van der Waals surface area (Å²) in [6.07, 6.45) is 1.98. The van der Waals surface area contributed by atoms with Crippen LogP contribution in [-0.2, 0) is 10.0 Å². The van der Waals surface area contributed by atoms with Crippen LogP contribution in [0.5, 0.6) is 0 Å². The maximum atomic E-state index is 12.0. The van der Waals surface area contributed by atoms with E-state index in [1.54, 1.807) is 25.1 Å². The van der Waals surface area contributed by atoms with Gasteiger partial charge in [-0.15, -0.1) is 0 Å². The number of hydrogen-bond acceptors (Lipinski definition) is 4. The molecule has 0 saturated heterocycles. The lowest BCUT2D eigenvalue weighted by Gasteiger charge is -2.11. The van der Waals surface area contributed by atoms with Crippen molar-refractivity contribution in [1.82, 2.24) is 10.2 Å². The zero-order valence-electron chi connectivity index (χ0n) is 12.9. The molecule has 21 heavy (non-hydrogen) atoms. The Morgan fingerprint density at radius 3 is 2.48 bits per heavy atom. The predicted octanol–water partition coefficient (Wildman–Crippen LogP) is 1.05. The molecular formula is C14H23N3O3S. The van der Waals surface area contributed by atoms with Gasteiger partial charge in [0.05, 0.1) is 11.9 Å². The molecule has 0 spiro atoms. The number of benzene rings is 1. The van der Waals surface area contributed by atoms with Crippen LogP contribution in [0, 0.1) is 6.92 Å². The molecule has 0 fully saturated rings. The molecule has 0 aliphatic rings. The van der Waals surface area contributed by atoms with Gasteiger partial charge in [-0.05, 0) is 57.7 Å². The predicted molar refractivity (Wildman–Crippen MR) is 85.1 cm³/mol. The number of nitrogens with one attached hydrogen (secondary N) is 2. The lowest BCUT2D eigenvalue weighted by Crippen LogP contribution is -2.27. The lowest BCUT2D eigenvalue weighted by molar-refractivity contribution is 0.0952. The standard InChI is InChI=1S/C14H23N3O3S/c1-11-10-12(6-7-13(11)16-21(4,19)20)14(18)15-8-5-9-17(2)3/h6-7,10,16H,5,8-9H2,1-4H3,(H,15,18). The molecular weight excluding hydrogens is 290 g/mol. The maximum absolute atomic E-state index is 12.0. The molecule has 0 aliphatic heterocycles. The molecule has 118 valence electrons. The van der Waals surface area contributed by atoms with E-state index in [1.807, 2.05) is 14.1 Å². The molecule has 1 aromatic rings. The van der Waals surface area contributed by atoms with E-state index in [1.165, 1.54) is 0 Å². The van der Waals surface area contributed by atoms with E-state index in [2.05, 4.69) is 14.9 Å². The molecule has 0 aliphatic carbocycles. The fraction of sp³-hybridized carbons (Fsp3) is 0.500. The van der Waals surface area contributed by atoms with Gasteiger partial charge in [0.2, 0.25) is 10.0 Å². The Morgan fingerprint density at radius 1 is 1.29 bits per heavy atom. The van der Waals surface area contributed by atoms with E-state index in [0.29, 0.717) is 23.4 Å². The summed E-state index contributed by atoms with van der Waals surface area (Å²) < 4.78 is 24.8. The van der Waals surface area contributed by atoms with Crippen LogP contribution in [0.15, 0.2) is 18.2 Å². The summed E-state index contributed by atoms with van der Waals surface area (Å²) in [6.45, 7) is 3.28. The molecule has 0 atom stereocenters. The van der Waals surface area contributed by atoms with Crippen molar-refractivity contribution >= 4 is 21.6 Å². The first-order valence-electron chi connectivity index (χ1n) is 6.70. The third-order valence-corrected chi connectivity index (χ3v) is 3.44. The Bertz CT molecular complexity index is 597. The number of nitrogens with zero attached hydrogens (tertiary/aromatic N) is 1. The maximum Gasteiger partial charge on any atom is 0.251 e. The summed E-state index contributed by atoms with van der Waals surface area (Å²) in [5.74, 6) is -0.150. The third kappa shape index (κ3) is 6.59. The van der Waals surface area contributed by atoms with Crippen LogP contribution in [0.2, 0.25) is 0 Å². The minimum absolute atomic E-state index is 0.150. The van der Waals surface area contributed by atoms with Gasteiger partial charge >= 0.3 is 0 Å². The van der Waals surface area contributed by atoms with E-state index < -0.39 is 10.0 Å². The second-order valence-corrected chi connectivity index (χ2v) is 7.07. The van der Waals surface area contributed by atoms with E-state index >= 15 is 0 Å².